The minimum atomic E-state index is -1.14. The number of carboxylic acids is 1. The van der Waals surface area contributed by atoms with Gasteiger partial charge in [-0.2, -0.15) is 0 Å². The van der Waals surface area contributed by atoms with E-state index in [9.17, 15) is 14.4 Å². The van der Waals surface area contributed by atoms with Crippen LogP contribution in [0.3, 0.4) is 0 Å². The second kappa shape index (κ2) is 9.37. The van der Waals surface area contributed by atoms with Crippen LogP contribution < -0.4 is 22.1 Å². The monoisotopic (exact) mass is 260 g/mol. The van der Waals surface area contributed by atoms with Crippen LogP contribution >= 0.6 is 0 Å². The minimum Gasteiger partial charge on any atom is -0.480 e. The second-order valence-electron chi connectivity index (χ2n) is 3.72. The first-order valence-electron chi connectivity index (χ1n) is 5.70. The molecule has 0 aromatic carbocycles. The van der Waals surface area contributed by atoms with E-state index in [1.54, 1.807) is 0 Å². The lowest BCUT2D eigenvalue weighted by Crippen LogP contribution is -2.49. The predicted molar refractivity (Wildman–Crippen MR) is 64.5 cm³/mol. The van der Waals surface area contributed by atoms with E-state index in [1.807, 2.05) is 0 Å². The highest BCUT2D eigenvalue weighted by Crippen LogP contribution is 2.00. The second-order valence-corrected chi connectivity index (χ2v) is 3.72. The molecule has 0 aromatic heterocycles. The van der Waals surface area contributed by atoms with Gasteiger partial charge in [0.25, 0.3) is 0 Å². The lowest BCUT2D eigenvalue weighted by Gasteiger charge is -2.17. The molecule has 0 aliphatic carbocycles. The van der Waals surface area contributed by atoms with E-state index < -0.39 is 30.4 Å². The molecule has 1 unspecified atom stereocenters. The molecule has 7 N–H and O–H groups in total. The lowest BCUT2D eigenvalue weighted by molar-refractivity contribution is -0.138. The molecule has 104 valence electrons. The van der Waals surface area contributed by atoms with Crippen molar-refractivity contribution >= 4 is 17.8 Å². The highest BCUT2D eigenvalue weighted by atomic mass is 16.4. The molecule has 0 saturated heterocycles. The fourth-order valence-electron chi connectivity index (χ4n) is 1.30. The van der Waals surface area contributed by atoms with Gasteiger partial charge in [0.05, 0.1) is 6.54 Å². The van der Waals surface area contributed by atoms with Gasteiger partial charge in [-0.1, -0.05) is 0 Å². The van der Waals surface area contributed by atoms with Crippen LogP contribution in [0.2, 0.25) is 0 Å². The summed E-state index contributed by atoms with van der Waals surface area (Å²) in [6.07, 6.45) is 1.78. The number of carbonyl (C=O) groups excluding carboxylic acids is 2. The van der Waals surface area contributed by atoms with Crippen LogP contribution in [0, 0.1) is 0 Å². The first-order chi connectivity index (χ1) is 8.51. The molecule has 0 spiro atoms. The van der Waals surface area contributed by atoms with E-state index in [4.69, 9.17) is 16.6 Å². The maximum absolute atomic E-state index is 11.6. The number of nitrogens with one attached hydrogen (secondary N) is 2. The average Bonchev–Trinajstić information content (AvgIpc) is 2.34. The topological polar surface area (TPSA) is 148 Å². The third-order valence-electron chi connectivity index (χ3n) is 2.20. The fourth-order valence-corrected chi connectivity index (χ4v) is 1.30. The number of nitrogens with two attached hydrogens (primary N) is 2. The Hall–Kier alpha value is -1.67. The van der Waals surface area contributed by atoms with Crippen LogP contribution in [0.25, 0.3) is 0 Å². The van der Waals surface area contributed by atoms with Gasteiger partial charge >= 0.3 is 5.97 Å². The zero-order valence-corrected chi connectivity index (χ0v) is 10.1. The molecule has 0 heterocycles. The molecular formula is C10H20N4O4. The molecule has 8 nitrogen and oxygen atoms in total. The number of unbranched alkanes of at least 4 members (excludes halogenated alkanes) is 1. The summed E-state index contributed by atoms with van der Waals surface area (Å²) in [4.78, 5) is 33.1. The Bertz CT molecular complexity index is 296. The Kier molecular flexibility index (Phi) is 8.50. The van der Waals surface area contributed by atoms with Crippen molar-refractivity contribution in [1.82, 2.24) is 10.6 Å². The van der Waals surface area contributed by atoms with E-state index in [0.29, 0.717) is 19.4 Å². The highest BCUT2D eigenvalue weighted by molar-refractivity contribution is 5.89. The van der Waals surface area contributed by atoms with Gasteiger partial charge in [0.15, 0.2) is 0 Å². The van der Waals surface area contributed by atoms with E-state index in [2.05, 4.69) is 10.6 Å². The molecule has 18 heavy (non-hydrogen) atoms. The molecule has 0 aliphatic rings. The van der Waals surface area contributed by atoms with Crippen LogP contribution in [-0.2, 0) is 14.4 Å². The minimum absolute atomic E-state index is 0.223. The third-order valence-corrected chi connectivity index (χ3v) is 2.20. The molecule has 0 rings (SSSR count). The Morgan fingerprint density at radius 3 is 2.33 bits per heavy atom. The van der Waals surface area contributed by atoms with Crippen LogP contribution in [0.1, 0.15) is 19.3 Å². The van der Waals surface area contributed by atoms with Crippen LogP contribution in [0.15, 0.2) is 0 Å². The molecule has 0 aliphatic heterocycles. The summed E-state index contributed by atoms with van der Waals surface area (Å²) in [5.74, 6) is -2.14. The van der Waals surface area contributed by atoms with Crippen molar-refractivity contribution in [3.8, 4) is 0 Å². The zero-order valence-electron chi connectivity index (χ0n) is 10.1. The third kappa shape index (κ3) is 7.58. The fraction of sp³-hybridized carbons (Fsp3) is 0.700. The predicted octanol–water partition coefficient (Wildman–Crippen LogP) is -2.24. The number of hydrogen-bond acceptors (Lipinski definition) is 5. The number of carbonyl (C=O) groups is 3. The molecule has 0 fully saturated rings. The Labute approximate surface area is 105 Å². The molecule has 0 aromatic rings. The summed E-state index contributed by atoms with van der Waals surface area (Å²) < 4.78 is 0. The number of rotatable bonds is 9. The van der Waals surface area contributed by atoms with E-state index in [0.717, 1.165) is 6.42 Å². The van der Waals surface area contributed by atoms with Crippen molar-refractivity contribution < 1.29 is 19.5 Å². The first-order valence-corrected chi connectivity index (χ1v) is 5.70. The Morgan fingerprint density at radius 1 is 1.17 bits per heavy atom. The van der Waals surface area contributed by atoms with Gasteiger partial charge in [0.2, 0.25) is 11.8 Å². The molecule has 0 bridgehead atoms. The van der Waals surface area contributed by atoms with Gasteiger partial charge < -0.3 is 27.2 Å². The smallest absolute Gasteiger partial charge is 0.322 e. The van der Waals surface area contributed by atoms with Crippen LogP contribution in [0.4, 0.5) is 0 Å². The maximum atomic E-state index is 11.6. The quantitative estimate of drug-likeness (QED) is 0.296. The van der Waals surface area contributed by atoms with Crippen molar-refractivity contribution in [2.24, 2.45) is 11.5 Å². The first kappa shape index (κ1) is 16.3. The Balaban J connectivity index is 4.28. The summed E-state index contributed by atoms with van der Waals surface area (Å²) in [6.45, 7) is -0.210. The van der Waals surface area contributed by atoms with Crippen molar-refractivity contribution in [2.75, 3.05) is 19.6 Å². The highest BCUT2D eigenvalue weighted by Gasteiger charge is 2.19. The number of hydrogen-bond donors (Lipinski definition) is 5. The van der Waals surface area contributed by atoms with Crippen molar-refractivity contribution in [3.05, 3.63) is 0 Å². The van der Waals surface area contributed by atoms with E-state index in [-0.39, 0.29) is 6.54 Å². The largest absolute Gasteiger partial charge is 0.480 e. The summed E-state index contributed by atoms with van der Waals surface area (Å²) in [5, 5.41) is 13.1. The SMILES string of the molecule is NCCCCC(NC(=O)CN)C(=O)NCC(=O)O. The number of carboxylic acid groups (broad SMARTS) is 1. The van der Waals surface area contributed by atoms with E-state index in [1.165, 1.54) is 0 Å². The van der Waals surface area contributed by atoms with Crippen LogP contribution in [-0.4, -0.2) is 48.6 Å². The number of amides is 2. The van der Waals surface area contributed by atoms with Gasteiger partial charge in [0.1, 0.15) is 12.6 Å². The zero-order chi connectivity index (χ0) is 14.0. The average molecular weight is 260 g/mol. The normalized spacial score (nSPS) is 11.7. The molecule has 0 saturated carbocycles. The van der Waals surface area contributed by atoms with Gasteiger partial charge in [-0.15, -0.1) is 0 Å². The summed E-state index contributed by atoms with van der Waals surface area (Å²) in [7, 11) is 0. The van der Waals surface area contributed by atoms with E-state index >= 15 is 0 Å². The molecular weight excluding hydrogens is 240 g/mol. The summed E-state index contributed by atoms with van der Waals surface area (Å²) >= 11 is 0. The molecule has 2 amide bonds. The summed E-state index contributed by atoms with van der Waals surface area (Å²) in [6, 6.07) is -0.771. The van der Waals surface area contributed by atoms with Crippen molar-refractivity contribution in [2.45, 2.75) is 25.3 Å². The lowest BCUT2D eigenvalue weighted by atomic mass is 10.1. The summed E-state index contributed by atoms with van der Waals surface area (Å²) in [5.41, 5.74) is 10.5. The van der Waals surface area contributed by atoms with Gasteiger partial charge in [0, 0.05) is 0 Å². The maximum Gasteiger partial charge on any atom is 0.322 e. The van der Waals surface area contributed by atoms with Gasteiger partial charge in [-0.05, 0) is 25.8 Å². The molecule has 0 radical (unpaired) electrons. The molecule has 1 atom stereocenters. The van der Waals surface area contributed by atoms with Crippen molar-refractivity contribution in [3.63, 3.8) is 0 Å². The van der Waals surface area contributed by atoms with Gasteiger partial charge in [-0.3, -0.25) is 14.4 Å². The standard InChI is InChI=1S/C10H20N4O4/c11-4-2-1-3-7(14-8(15)5-12)10(18)13-6-9(16)17/h7H,1-6,11-12H2,(H,13,18)(H,14,15)(H,16,17). The van der Waals surface area contributed by atoms with Gasteiger partial charge in [-0.25, -0.2) is 0 Å². The Morgan fingerprint density at radius 2 is 1.83 bits per heavy atom. The molecule has 8 heteroatoms. The van der Waals surface area contributed by atoms with Crippen LogP contribution in [0.5, 0.6) is 0 Å². The number of aliphatic carboxylic acids is 1. The van der Waals surface area contributed by atoms with Crippen molar-refractivity contribution in [1.29, 1.82) is 0 Å².